The Hall–Kier alpha value is -4.83. The van der Waals surface area contributed by atoms with Gasteiger partial charge in [0.25, 0.3) is 6.29 Å². The number of aromatic nitrogens is 2. The number of para-hydroxylation sites is 1. The summed E-state index contributed by atoms with van der Waals surface area (Å²) in [6, 6.07) is 16.7. The van der Waals surface area contributed by atoms with E-state index in [2.05, 4.69) is 4.98 Å². The number of aromatic carboxylic acids is 1. The van der Waals surface area contributed by atoms with Crippen LogP contribution in [0.4, 0.5) is 13.2 Å². The molecule has 3 heterocycles. The van der Waals surface area contributed by atoms with Gasteiger partial charge in [-0.3, -0.25) is 0 Å². The van der Waals surface area contributed by atoms with E-state index in [1.165, 1.54) is 30.3 Å². The maximum absolute atomic E-state index is 15.7. The zero-order valence-electron chi connectivity index (χ0n) is 22.9. The summed E-state index contributed by atoms with van der Waals surface area (Å²) in [6.07, 6.45) is -0.482. The lowest BCUT2D eigenvalue weighted by molar-refractivity contribution is -0.0589. The van der Waals surface area contributed by atoms with E-state index >= 15 is 8.78 Å². The van der Waals surface area contributed by atoms with Crippen LogP contribution >= 0.6 is 0 Å². The molecule has 1 fully saturated rings. The molecule has 4 aromatic carbocycles. The van der Waals surface area contributed by atoms with Crippen molar-refractivity contribution in [1.82, 2.24) is 9.55 Å². The largest absolute Gasteiger partial charge is 0.478 e. The maximum atomic E-state index is 15.7. The standard InChI is InChI=1S/C33H25F3N2O5/c1-17-5-7-22(24(34)11-17)33-42-29-4-2-3-21(31(29)43-33)19-12-25(35)23(26(36)13-19)15-30-37-27-8-6-18(32(39)40)14-28(27)38(30)16-20-9-10-41-20/h2-8,11-14,20,33H,9-10,15-16H2,1H3,(H,39,40)/t20-,33?/m0/s1. The van der Waals surface area contributed by atoms with E-state index in [1.807, 2.05) is 0 Å². The lowest BCUT2D eigenvalue weighted by Gasteiger charge is -2.27. The van der Waals surface area contributed by atoms with Crippen molar-refractivity contribution in [2.75, 3.05) is 6.61 Å². The molecule has 1 unspecified atom stereocenters. The zero-order chi connectivity index (χ0) is 29.8. The van der Waals surface area contributed by atoms with Crippen LogP contribution in [-0.2, 0) is 17.7 Å². The number of halogens is 3. The van der Waals surface area contributed by atoms with E-state index in [1.54, 1.807) is 47.9 Å². The molecule has 2 atom stereocenters. The van der Waals surface area contributed by atoms with Crippen molar-refractivity contribution in [3.63, 3.8) is 0 Å². The number of hydrogen-bond acceptors (Lipinski definition) is 5. The number of benzene rings is 4. The molecule has 1 aromatic heterocycles. The molecule has 2 aliphatic rings. The fraction of sp³-hybridized carbons (Fsp3) is 0.212. The van der Waals surface area contributed by atoms with Gasteiger partial charge in [-0.05, 0) is 73.0 Å². The molecule has 0 aliphatic carbocycles. The average Bonchev–Trinajstić information content (AvgIpc) is 3.53. The average molecular weight is 587 g/mol. The van der Waals surface area contributed by atoms with Crippen LogP contribution in [0.2, 0.25) is 0 Å². The van der Waals surface area contributed by atoms with Crippen LogP contribution < -0.4 is 9.47 Å². The number of hydrogen-bond donors (Lipinski definition) is 1. The number of fused-ring (bicyclic) bond motifs is 2. The third-order valence-electron chi connectivity index (χ3n) is 7.89. The third kappa shape index (κ3) is 4.87. The van der Waals surface area contributed by atoms with E-state index in [0.29, 0.717) is 41.3 Å². The van der Waals surface area contributed by atoms with Gasteiger partial charge in [-0.1, -0.05) is 18.2 Å². The minimum absolute atomic E-state index is 0.0883. The Morgan fingerprint density at radius 2 is 1.79 bits per heavy atom. The van der Waals surface area contributed by atoms with Gasteiger partial charge < -0.3 is 23.9 Å². The van der Waals surface area contributed by atoms with Crippen molar-refractivity contribution in [2.24, 2.45) is 0 Å². The molecule has 2 aliphatic heterocycles. The highest BCUT2D eigenvalue weighted by molar-refractivity contribution is 5.92. The summed E-state index contributed by atoms with van der Waals surface area (Å²) in [5.74, 6) is -2.14. The first-order chi connectivity index (χ1) is 20.7. The summed E-state index contributed by atoms with van der Waals surface area (Å²) in [5.41, 5.74) is 2.57. The predicted octanol–water partition coefficient (Wildman–Crippen LogP) is 6.98. The van der Waals surface area contributed by atoms with Crippen LogP contribution in [0.3, 0.4) is 0 Å². The van der Waals surface area contributed by atoms with Gasteiger partial charge in [0.2, 0.25) is 0 Å². The van der Waals surface area contributed by atoms with Crippen LogP contribution in [0.1, 0.15) is 45.6 Å². The Kier molecular flexibility index (Phi) is 6.58. The minimum Gasteiger partial charge on any atom is -0.478 e. The molecule has 7 rings (SSSR count). The van der Waals surface area contributed by atoms with Crippen molar-refractivity contribution in [3.8, 4) is 22.6 Å². The number of carboxylic acids is 1. The molecule has 218 valence electrons. The topological polar surface area (TPSA) is 82.8 Å². The van der Waals surface area contributed by atoms with Gasteiger partial charge in [0.1, 0.15) is 23.3 Å². The summed E-state index contributed by atoms with van der Waals surface area (Å²) >= 11 is 0. The van der Waals surface area contributed by atoms with E-state index in [4.69, 9.17) is 14.2 Å². The number of carboxylic acid groups (broad SMARTS) is 1. The Bertz CT molecular complexity index is 1890. The third-order valence-corrected chi connectivity index (χ3v) is 7.89. The summed E-state index contributed by atoms with van der Waals surface area (Å²) in [7, 11) is 0. The van der Waals surface area contributed by atoms with Crippen molar-refractivity contribution >= 4 is 17.0 Å². The molecule has 0 bridgehead atoms. The van der Waals surface area contributed by atoms with E-state index < -0.39 is 29.7 Å². The first kappa shape index (κ1) is 27.0. The highest BCUT2D eigenvalue weighted by Gasteiger charge is 2.31. The van der Waals surface area contributed by atoms with Gasteiger partial charge in [-0.25, -0.2) is 22.9 Å². The van der Waals surface area contributed by atoms with Gasteiger partial charge in [0.05, 0.1) is 34.8 Å². The van der Waals surface area contributed by atoms with Crippen LogP contribution in [0.5, 0.6) is 11.5 Å². The van der Waals surface area contributed by atoms with Gasteiger partial charge in [-0.2, -0.15) is 0 Å². The number of rotatable bonds is 7. The molecule has 1 saturated heterocycles. The molecule has 43 heavy (non-hydrogen) atoms. The molecule has 10 heteroatoms. The Morgan fingerprint density at radius 1 is 1.00 bits per heavy atom. The Labute approximate surface area is 244 Å². The molecular formula is C33H25F3N2O5. The molecule has 1 N–H and O–H groups in total. The molecule has 0 spiro atoms. The molecule has 7 nitrogen and oxygen atoms in total. The highest BCUT2D eigenvalue weighted by Crippen LogP contribution is 2.47. The summed E-state index contributed by atoms with van der Waals surface area (Å²) < 4.78 is 65.1. The fourth-order valence-electron chi connectivity index (χ4n) is 5.52. The number of aryl methyl sites for hydroxylation is 1. The number of imidazole rings is 1. The van der Waals surface area contributed by atoms with Crippen LogP contribution in [0.25, 0.3) is 22.2 Å². The predicted molar refractivity (Wildman–Crippen MR) is 151 cm³/mol. The number of ether oxygens (including phenoxy) is 3. The van der Waals surface area contributed by atoms with Crippen molar-refractivity contribution in [2.45, 2.75) is 38.7 Å². The lowest BCUT2D eigenvalue weighted by Crippen LogP contribution is -2.31. The quantitative estimate of drug-likeness (QED) is 0.222. The second-order valence-corrected chi connectivity index (χ2v) is 10.7. The summed E-state index contributed by atoms with van der Waals surface area (Å²) in [5, 5.41) is 9.48. The molecule has 0 saturated carbocycles. The van der Waals surface area contributed by atoms with E-state index in [9.17, 15) is 14.3 Å². The van der Waals surface area contributed by atoms with Crippen molar-refractivity contribution < 1.29 is 37.3 Å². The van der Waals surface area contributed by atoms with Crippen molar-refractivity contribution in [3.05, 3.63) is 112 Å². The van der Waals surface area contributed by atoms with Gasteiger partial charge >= 0.3 is 5.97 Å². The highest BCUT2D eigenvalue weighted by atomic mass is 19.1. The number of carbonyl (C=O) groups is 1. The molecule has 0 radical (unpaired) electrons. The zero-order valence-corrected chi connectivity index (χ0v) is 22.9. The normalized spacial score (nSPS) is 17.3. The lowest BCUT2D eigenvalue weighted by atomic mass is 10.00. The number of nitrogens with zero attached hydrogens (tertiary/aromatic N) is 2. The Morgan fingerprint density at radius 3 is 2.49 bits per heavy atom. The van der Waals surface area contributed by atoms with Gasteiger partial charge in [0, 0.05) is 24.2 Å². The first-order valence-corrected chi connectivity index (χ1v) is 13.8. The van der Waals surface area contributed by atoms with Crippen LogP contribution in [-0.4, -0.2) is 33.3 Å². The SMILES string of the molecule is Cc1ccc(C2Oc3cccc(-c4cc(F)c(Cc5nc6ccc(C(=O)O)cc6n5C[C@@H]5CCO5)c(F)c4)c3O2)c(F)c1. The van der Waals surface area contributed by atoms with E-state index in [0.717, 1.165) is 12.0 Å². The molecular weight excluding hydrogens is 561 g/mol. The Balaban J connectivity index is 1.22. The van der Waals surface area contributed by atoms with Crippen LogP contribution in [0, 0.1) is 24.4 Å². The van der Waals surface area contributed by atoms with E-state index in [-0.39, 0.29) is 40.5 Å². The second kappa shape index (κ2) is 10.5. The monoisotopic (exact) mass is 586 g/mol. The molecule has 5 aromatic rings. The second-order valence-electron chi connectivity index (χ2n) is 10.7. The smallest absolute Gasteiger partial charge is 0.335 e. The maximum Gasteiger partial charge on any atom is 0.335 e. The minimum atomic E-state index is -1.08. The molecule has 0 amide bonds. The van der Waals surface area contributed by atoms with Gasteiger partial charge in [-0.15, -0.1) is 0 Å². The summed E-state index contributed by atoms with van der Waals surface area (Å²) in [4.78, 5) is 16.2. The van der Waals surface area contributed by atoms with Gasteiger partial charge in [0.15, 0.2) is 11.5 Å². The van der Waals surface area contributed by atoms with Crippen LogP contribution in [0.15, 0.2) is 66.7 Å². The summed E-state index contributed by atoms with van der Waals surface area (Å²) in [6.45, 7) is 2.78. The van der Waals surface area contributed by atoms with Crippen molar-refractivity contribution in [1.29, 1.82) is 0 Å². The first-order valence-electron chi connectivity index (χ1n) is 13.8. The fourth-order valence-corrected chi connectivity index (χ4v) is 5.52.